The summed E-state index contributed by atoms with van der Waals surface area (Å²) in [5, 5.41) is 1.11. The van der Waals surface area contributed by atoms with Gasteiger partial charge in [-0.25, -0.2) is 0 Å². The summed E-state index contributed by atoms with van der Waals surface area (Å²) in [7, 11) is 0. The van der Waals surface area contributed by atoms with Crippen molar-refractivity contribution in [3.8, 4) is 0 Å². The molecule has 1 aromatic heterocycles. The molecule has 0 fully saturated rings. The number of carbonyl (C=O) groups is 1. The Morgan fingerprint density at radius 2 is 2.10 bits per heavy atom. The maximum atomic E-state index is 11.8. The molecular formula is C16H22N2O2. The summed E-state index contributed by atoms with van der Waals surface area (Å²) in [6, 6.07) is 7.37. The maximum Gasteiger partial charge on any atom is 0.323 e. The molecule has 0 spiro atoms. The molecule has 1 aromatic carbocycles. The largest absolute Gasteiger partial charge is 0.465 e. The average molecular weight is 274 g/mol. The average Bonchev–Trinajstić information content (AvgIpc) is 2.81. The molecule has 0 saturated carbocycles. The summed E-state index contributed by atoms with van der Waals surface area (Å²) in [5.41, 5.74) is 8.04. The predicted molar refractivity (Wildman–Crippen MR) is 80.4 cm³/mol. The molecule has 0 bridgehead atoms. The van der Waals surface area contributed by atoms with Gasteiger partial charge in [0, 0.05) is 23.5 Å². The fourth-order valence-electron chi connectivity index (χ4n) is 2.12. The highest BCUT2D eigenvalue weighted by atomic mass is 16.5. The van der Waals surface area contributed by atoms with Crippen LogP contribution in [0, 0.1) is 5.92 Å². The standard InChI is InChI=1S/C16H22N2O2/c1-11(2)7-8-20-16(19)14(17)9-12-10-18-15-6-4-3-5-13(12)15/h3-6,10-11,14,18H,7-9,17H2,1-2H3. The second kappa shape index (κ2) is 6.57. The number of esters is 1. The van der Waals surface area contributed by atoms with Gasteiger partial charge in [-0.2, -0.15) is 0 Å². The van der Waals surface area contributed by atoms with Gasteiger partial charge in [-0.3, -0.25) is 4.79 Å². The molecule has 0 aliphatic heterocycles. The number of hydrogen-bond donors (Lipinski definition) is 2. The van der Waals surface area contributed by atoms with Crippen molar-refractivity contribution in [2.45, 2.75) is 32.7 Å². The Labute approximate surface area is 119 Å². The summed E-state index contributed by atoms with van der Waals surface area (Å²) in [6.45, 7) is 4.64. The lowest BCUT2D eigenvalue weighted by molar-refractivity contribution is -0.145. The van der Waals surface area contributed by atoms with Gasteiger partial charge >= 0.3 is 5.97 Å². The van der Waals surface area contributed by atoms with Crippen LogP contribution in [0.5, 0.6) is 0 Å². The van der Waals surface area contributed by atoms with Gasteiger partial charge in [-0.1, -0.05) is 32.0 Å². The van der Waals surface area contributed by atoms with Crippen LogP contribution in [0.15, 0.2) is 30.5 Å². The summed E-state index contributed by atoms with van der Waals surface area (Å²) < 4.78 is 5.20. The smallest absolute Gasteiger partial charge is 0.323 e. The highest BCUT2D eigenvalue weighted by Crippen LogP contribution is 2.18. The SMILES string of the molecule is CC(C)CCOC(=O)C(N)Cc1c[nH]c2ccccc12. The molecule has 3 N–H and O–H groups in total. The molecule has 0 aliphatic rings. The number of nitrogens with two attached hydrogens (primary N) is 1. The molecule has 0 amide bonds. The van der Waals surface area contributed by atoms with Gasteiger partial charge in [0.15, 0.2) is 0 Å². The number of hydrogen-bond acceptors (Lipinski definition) is 3. The monoisotopic (exact) mass is 274 g/mol. The van der Waals surface area contributed by atoms with E-state index in [1.165, 1.54) is 0 Å². The van der Waals surface area contributed by atoms with Crippen molar-refractivity contribution in [1.82, 2.24) is 4.98 Å². The van der Waals surface area contributed by atoms with Gasteiger partial charge in [0.05, 0.1) is 6.61 Å². The Balaban J connectivity index is 1.93. The number of benzene rings is 1. The van der Waals surface area contributed by atoms with Crippen LogP contribution in [0.3, 0.4) is 0 Å². The number of para-hydroxylation sites is 1. The first kappa shape index (κ1) is 14.6. The summed E-state index contributed by atoms with van der Waals surface area (Å²) in [6.07, 6.45) is 3.27. The first-order valence-electron chi connectivity index (χ1n) is 7.05. The van der Waals surface area contributed by atoms with Crippen molar-refractivity contribution in [3.63, 3.8) is 0 Å². The number of fused-ring (bicyclic) bond motifs is 1. The third-order valence-electron chi connectivity index (χ3n) is 3.36. The molecular weight excluding hydrogens is 252 g/mol. The highest BCUT2D eigenvalue weighted by molar-refractivity contribution is 5.84. The molecule has 4 nitrogen and oxygen atoms in total. The fraction of sp³-hybridized carbons (Fsp3) is 0.438. The minimum Gasteiger partial charge on any atom is -0.465 e. The van der Waals surface area contributed by atoms with Crippen LogP contribution < -0.4 is 5.73 Å². The van der Waals surface area contributed by atoms with E-state index in [0.717, 1.165) is 22.9 Å². The Morgan fingerprint density at radius 3 is 2.85 bits per heavy atom. The van der Waals surface area contributed by atoms with Gasteiger partial charge in [-0.05, 0) is 24.0 Å². The second-order valence-corrected chi connectivity index (χ2v) is 5.52. The van der Waals surface area contributed by atoms with E-state index in [-0.39, 0.29) is 5.97 Å². The zero-order valence-corrected chi connectivity index (χ0v) is 12.1. The third-order valence-corrected chi connectivity index (χ3v) is 3.36. The number of aromatic nitrogens is 1. The van der Waals surface area contributed by atoms with E-state index >= 15 is 0 Å². The first-order valence-corrected chi connectivity index (χ1v) is 7.05. The number of nitrogens with one attached hydrogen (secondary N) is 1. The Bertz CT molecular complexity index is 575. The zero-order valence-electron chi connectivity index (χ0n) is 12.1. The lowest BCUT2D eigenvalue weighted by Crippen LogP contribution is -2.34. The minimum absolute atomic E-state index is 0.323. The molecule has 1 unspecified atom stereocenters. The van der Waals surface area contributed by atoms with Crippen molar-refractivity contribution in [1.29, 1.82) is 0 Å². The van der Waals surface area contributed by atoms with Crippen molar-refractivity contribution >= 4 is 16.9 Å². The van der Waals surface area contributed by atoms with E-state index < -0.39 is 6.04 Å². The lowest BCUT2D eigenvalue weighted by Gasteiger charge is -2.12. The molecule has 0 radical (unpaired) electrons. The Kier molecular flexibility index (Phi) is 4.79. The molecule has 108 valence electrons. The Hall–Kier alpha value is -1.81. The number of aromatic amines is 1. The molecule has 1 atom stereocenters. The minimum atomic E-state index is -0.610. The molecule has 0 aliphatic carbocycles. The van der Waals surface area contributed by atoms with Crippen molar-refractivity contribution < 1.29 is 9.53 Å². The van der Waals surface area contributed by atoms with Gasteiger partial charge in [0.25, 0.3) is 0 Å². The van der Waals surface area contributed by atoms with Crippen LogP contribution in [0.4, 0.5) is 0 Å². The molecule has 2 aromatic rings. The van der Waals surface area contributed by atoms with E-state index in [0.29, 0.717) is 18.9 Å². The van der Waals surface area contributed by atoms with E-state index in [1.54, 1.807) is 0 Å². The maximum absolute atomic E-state index is 11.8. The fourth-order valence-corrected chi connectivity index (χ4v) is 2.12. The van der Waals surface area contributed by atoms with Crippen LogP contribution >= 0.6 is 0 Å². The summed E-state index contributed by atoms with van der Waals surface area (Å²) in [4.78, 5) is 15.0. The summed E-state index contributed by atoms with van der Waals surface area (Å²) in [5.74, 6) is 0.198. The highest BCUT2D eigenvalue weighted by Gasteiger charge is 2.17. The van der Waals surface area contributed by atoms with Crippen LogP contribution in [0.2, 0.25) is 0 Å². The van der Waals surface area contributed by atoms with Crippen LogP contribution in [0.25, 0.3) is 10.9 Å². The van der Waals surface area contributed by atoms with Gasteiger partial charge in [0.2, 0.25) is 0 Å². The topological polar surface area (TPSA) is 68.1 Å². The van der Waals surface area contributed by atoms with Gasteiger partial charge in [0.1, 0.15) is 6.04 Å². The zero-order chi connectivity index (χ0) is 14.5. The van der Waals surface area contributed by atoms with Crippen LogP contribution in [-0.4, -0.2) is 23.6 Å². The van der Waals surface area contributed by atoms with Crippen molar-refractivity contribution in [2.75, 3.05) is 6.61 Å². The number of H-pyrrole nitrogens is 1. The molecule has 0 saturated heterocycles. The molecule has 4 heteroatoms. The number of carbonyl (C=O) groups excluding carboxylic acids is 1. The van der Waals surface area contributed by atoms with E-state index in [2.05, 4.69) is 18.8 Å². The van der Waals surface area contributed by atoms with Crippen LogP contribution in [0.1, 0.15) is 25.8 Å². The molecule has 20 heavy (non-hydrogen) atoms. The van der Waals surface area contributed by atoms with Crippen molar-refractivity contribution in [3.05, 3.63) is 36.0 Å². The molecule has 2 rings (SSSR count). The van der Waals surface area contributed by atoms with Gasteiger partial charge < -0.3 is 15.5 Å². The number of rotatable bonds is 6. The lowest BCUT2D eigenvalue weighted by atomic mass is 10.1. The van der Waals surface area contributed by atoms with E-state index in [9.17, 15) is 4.79 Å². The number of ether oxygens (including phenoxy) is 1. The van der Waals surface area contributed by atoms with E-state index in [4.69, 9.17) is 10.5 Å². The normalized spacial score (nSPS) is 12.8. The summed E-state index contributed by atoms with van der Waals surface area (Å²) >= 11 is 0. The van der Waals surface area contributed by atoms with E-state index in [1.807, 2.05) is 30.5 Å². The molecule has 1 heterocycles. The van der Waals surface area contributed by atoms with Crippen LogP contribution in [-0.2, 0) is 16.0 Å². The quantitative estimate of drug-likeness (QED) is 0.796. The third kappa shape index (κ3) is 3.61. The van der Waals surface area contributed by atoms with Crippen molar-refractivity contribution in [2.24, 2.45) is 11.7 Å². The Morgan fingerprint density at radius 1 is 1.35 bits per heavy atom. The second-order valence-electron chi connectivity index (χ2n) is 5.52. The van der Waals surface area contributed by atoms with Gasteiger partial charge in [-0.15, -0.1) is 0 Å². The first-order chi connectivity index (χ1) is 9.58. The predicted octanol–water partition coefficient (Wildman–Crippen LogP) is 2.63.